The van der Waals surface area contributed by atoms with Crippen LogP contribution in [0.5, 0.6) is 0 Å². The van der Waals surface area contributed by atoms with Crippen LogP contribution in [0.2, 0.25) is 5.02 Å². The number of hydrogen-bond donors (Lipinski definition) is 2. The Bertz CT molecular complexity index is 845. The maximum atomic E-state index is 12.0. The van der Waals surface area contributed by atoms with Gasteiger partial charge in [-0.1, -0.05) is 56.6 Å². The Morgan fingerprint density at radius 3 is 2.39 bits per heavy atom. The minimum absolute atomic E-state index is 0.0332. The summed E-state index contributed by atoms with van der Waals surface area (Å²) in [6.07, 6.45) is 0. The van der Waals surface area contributed by atoms with E-state index in [-0.39, 0.29) is 18.1 Å². The first kappa shape index (κ1) is 22.2. The smallest absolute Gasteiger partial charge is 0.339 e. The lowest BCUT2D eigenvalue weighted by molar-refractivity contribution is 0.0526. The highest BCUT2D eigenvalue weighted by molar-refractivity contribution is 7.80. The molecule has 0 aliphatic rings. The highest BCUT2D eigenvalue weighted by atomic mass is 35.5. The Labute approximate surface area is 177 Å². The summed E-state index contributed by atoms with van der Waals surface area (Å²) < 4.78 is 5.02. The average molecular weight is 419 g/mol. The van der Waals surface area contributed by atoms with Crippen LogP contribution in [0.3, 0.4) is 0 Å². The first-order valence-corrected chi connectivity index (χ1v) is 10.0. The van der Waals surface area contributed by atoms with Gasteiger partial charge in [-0.2, -0.15) is 0 Å². The number of halogens is 1. The van der Waals surface area contributed by atoms with E-state index in [0.717, 1.165) is 5.56 Å². The van der Waals surface area contributed by atoms with E-state index in [0.29, 0.717) is 21.4 Å². The van der Waals surface area contributed by atoms with E-state index in [1.165, 1.54) is 5.56 Å². The van der Waals surface area contributed by atoms with Gasteiger partial charge in [-0.15, -0.1) is 0 Å². The fourth-order valence-corrected chi connectivity index (χ4v) is 3.18. The summed E-state index contributed by atoms with van der Waals surface area (Å²) in [4.78, 5) is 12.0. The molecule has 0 aromatic heterocycles. The van der Waals surface area contributed by atoms with Gasteiger partial charge < -0.3 is 15.4 Å². The zero-order chi connectivity index (χ0) is 20.9. The minimum Gasteiger partial charge on any atom is -0.462 e. The van der Waals surface area contributed by atoms with Crippen LogP contribution in [0.4, 0.5) is 5.69 Å². The fourth-order valence-electron chi connectivity index (χ4n) is 2.69. The Morgan fingerprint density at radius 1 is 1.18 bits per heavy atom. The molecule has 150 valence electrons. The molecule has 0 unspecified atom stereocenters. The summed E-state index contributed by atoms with van der Waals surface area (Å²) in [5.74, 6) is -0.456. The molecular formula is C22H27ClN2O2S. The van der Waals surface area contributed by atoms with Crippen LogP contribution in [0, 0.1) is 0 Å². The lowest BCUT2D eigenvalue weighted by Crippen LogP contribution is -2.31. The van der Waals surface area contributed by atoms with Crippen LogP contribution in [-0.2, 0) is 10.2 Å². The lowest BCUT2D eigenvalue weighted by atomic mass is 9.86. The van der Waals surface area contributed by atoms with Gasteiger partial charge in [-0.3, -0.25) is 0 Å². The number of rotatable bonds is 5. The molecular weight excluding hydrogens is 392 g/mol. The number of anilines is 1. The third kappa shape index (κ3) is 5.94. The van der Waals surface area contributed by atoms with E-state index in [4.69, 9.17) is 28.6 Å². The lowest BCUT2D eigenvalue weighted by Gasteiger charge is -2.21. The van der Waals surface area contributed by atoms with Gasteiger partial charge in [0.15, 0.2) is 5.11 Å². The predicted molar refractivity (Wildman–Crippen MR) is 120 cm³/mol. The monoisotopic (exact) mass is 418 g/mol. The number of esters is 1. The highest BCUT2D eigenvalue weighted by Gasteiger charge is 2.15. The molecule has 0 saturated heterocycles. The molecule has 0 amide bonds. The van der Waals surface area contributed by atoms with Crippen LogP contribution in [0.1, 0.15) is 62.1 Å². The molecule has 4 nitrogen and oxygen atoms in total. The molecule has 0 radical (unpaired) electrons. The van der Waals surface area contributed by atoms with E-state index < -0.39 is 5.97 Å². The predicted octanol–water partition coefficient (Wildman–Crippen LogP) is 5.86. The molecule has 6 heteroatoms. The molecule has 1 atom stereocenters. The fraction of sp³-hybridized carbons (Fsp3) is 0.364. The molecule has 2 rings (SSSR count). The van der Waals surface area contributed by atoms with E-state index in [1.807, 2.05) is 6.92 Å². The Kier molecular flexibility index (Phi) is 7.44. The van der Waals surface area contributed by atoms with Gasteiger partial charge in [-0.25, -0.2) is 4.79 Å². The number of benzene rings is 2. The largest absolute Gasteiger partial charge is 0.462 e. The molecule has 2 N–H and O–H groups in total. The van der Waals surface area contributed by atoms with Crippen LogP contribution in [0.15, 0.2) is 42.5 Å². The molecule has 0 spiro atoms. The number of thiocarbonyl (C=S) groups is 1. The third-order valence-corrected chi connectivity index (χ3v) is 4.89. The second-order valence-electron chi connectivity index (χ2n) is 7.61. The van der Waals surface area contributed by atoms with E-state index in [9.17, 15) is 4.79 Å². The van der Waals surface area contributed by atoms with Gasteiger partial charge >= 0.3 is 5.97 Å². The van der Waals surface area contributed by atoms with Gasteiger partial charge in [-0.05, 0) is 60.8 Å². The quantitative estimate of drug-likeness (QED) is 0.470. The van der Waals surface area contributed by atoms with E-state index in [1.54, 1.807) is 25.1 Å². The molecule has 2 aromatic carbocycles. The average Bonchev–Trinajstić information content (AvgIpc) is 2.62. The Hall–Kier alpha value is -2.11. The SMILES string of the molecule is CCOC(=O)c1cc(NC(=S)N[C@@H](C)c2ccc(C(C)(C)C)cc2)ccc1Cl. The van der Waals surface area contributed by atoms with Gasteiger partial charge in [0.1, 0.15) is 0 Å². The van der Waals surface area contributed by atoms with E-state index >= 15 is 0 Å². The maximum absolute atomic E-state index is 12.0. The number of carbonyl (C=O) groups excluding carboxylic acids is 1. The van der Waals surface area contributed by atoms with Gasteiger partial charge in [0.25, 0.3) is 0 Å². The minimum atomic E-state index is -0.456. The summed E-state index contributed by atoms with van der Waals surface area (Å²) in [5.41, 5.74) is 3.52. The molecule has 0 heterocycles. The molecule has 0 bridgehead atoms. The maximum Gasteiger partial charge on any atom is 0.339 e. The normalized spacial score (nSPS) is 12.2. The second-order valence-corrected chi connectivity index (χ2v) is 8.42. The topological polar surface area (TPSA) is 50.4 Å². The van der Waals surface area contributed by atoms with Crippen LogP contribution < -0.4 is 10.6 Å². The van der Waals surface area contributed by atoms with Crippen molar-refractivity contribution in [2.75, 3.05) is 11.9 Å². The van der Waals surface area contributed by atoms with Crippen molar-refractivity contribution in [1.82, 2.24) is 5.32 Å². The van der Waals surface area contributed by atoms with Crippen molar-refractivity contribution in [3.8, 4) is 0 Å². The van der Waals surface area contributed by atoms with Gasteiger partial charge in [0.2, 0.25) is 0 Å². The highest BCUT2D eigenvalue weighted by Crippen LogP contribution is 2.24. The molecule has 0 saturated carbocycles. The van der Waals surface area contributed by atoms with Crippen molar-refractivity contribution in [3.63, 3.8) is 0 Å². The zero-order valence-corrected chi connectivity index (χ0v) is 18.5. The number of hydrogen-bond acceptors (Lipinski definition) is 3. The number of nitrogens with one attached hydrogen (secondary N) is 2. The van der Waals surface area contributed by atoms with Crippen molar-refractivity contribution in [2.24, 2.45) is 0 Å². The molecule has 28 heavy (non-hydrogen) atoms. The van der Waals surface area contributed by atoms with Crippen molar-refractivity contribution in [1.29, 1.82) is 0 Å². The molecule has 0 fully saturated rings. The third-order valence-electron chi connectivity index (χ3n) is 4.34. The molecule has 0 aliphatic carbocycles. The Balaban J connectivity index is 2.03. The first-order valence-electron chi connectivity index (χ1n) is 9.26. The van der Waals surface area contributed by atoms with Crippen LogP contribution >= 0.6 is 23.8 Å². The standard InChI is InChI=1S/C22H27ClN2O2S/c1-6-27-20(26)18-13-17(11-12-19(18)23)25-21(28)24-14(2)15-7-9-16(10-8-15)22(3,4)5/h7-14H,6H2,1-5H3,(H2,24,25,28)/t14-/m0/s1. The molecule has 0 aliphatic heterocycles. The summed E-state index contributed by atoms with van der Waals surface area (Å²) in [5, 5.41) is 7.16. The van der Waals surface area contributed by atoms with Crippen LogP contribution in [-0.4, -0.2) is 17.7 Å². The van der Waals surface area contributed by atoms with E-state index in [2.05, 4.69) is 55.7 Å². The second kappa shape index (κ2) is 9.39. The van der Waals surface area contributed by atoms with Crippen molar-refractivity contribution in [2.45, 2.75) is 46.1 Å². The summed E-state index contributed by atoms with van der Waals surface area (Å²) >= 11 is 11.5. The van der Waals surface area contributed by atoms with Crippen LogP contribution in [0.25, 0.3) is 0 Å². The van der Waals surface area contributed by atoms with Crippen molar-refractivity contribution >= 4 is 40.6 Å². The first-order chi connectivity index (χ1) is 13.1. The van der Waals surface area contributed by atoms with Crippen molar-refractivity contribution < 1.29 is 9.53 Å². The Morgan fingerprint density at radius 2 is 1.82 bits per heavy atom. The van der Waals surface area contributed by atoms with Gasteiger partial charge in [0, 0.05) is 5.69 Å². The zero-order valence-electron chi connectivity index (χ0n) is 16.9. The summed E-state index contributed by atoms with van der Waals surface area (Å²) in [7, 11) is 0. The van der Waals surface area contributed by atoms with Crippen molar-refractivity contribution in [3.05, 3.63) is 64.2 Å². The molecule has 2 aromatic rings. The van der Waals surface area contributed by atoms with Gasteiger partial charge in [0.05, 0.1) is 23.2 Å². The summed E-state index contributed by atoms with van der Waals surface area (Å²) in [6, 6.07) is 13.6. The summed E-state index contributed by atoms with van der Waals surface area (Å²) in [6.45, 7) is 10.7. The number of carbonyl (C=O) groups is 1. The number of ether oxygens (including phenoxy) is 1.